The quantitative estimate of drug-likeness (QED) is 0.506. The summed E-state index contributed by atoms with van der Waals surface area (Å²) < 4.78 is 5.73. The molecule has 0 bridgehead atoms. The third kappa shape index (κ3) is 6.37. The van der Waals surface area contributed by atoms with E-state index in [9.17, 15) is 9.59 Å². The molecule has 4 nitrogen and oxygen atoms in total. The molecule has 0 heterocycles. The van der Waals surface area contributed by atoms with Gasteiger partial charge in [-0.1, -0.05) is 46.5 Å². The number of esters is 1. The second-order valence-electron chi connectivity index (χ2n) is 6.97. The predicted octanol–water partition coefficient (Wildman–Crippen LogP) is 4.42. The van der Waals surface area contributed by atoms with Crippen molar-refractivity contribution in [2.24, 2.45) is 17.8 Å². The Hall–Kier alpha value is -1.06. The highest BCUT2D eigenvalue weighted by Gasteiger charge is 2.33. The number of carbonyl (C=O) groups is 2. The zero-order valence-corrected chi connectivity index (χ0v) is 14.3. The van der Waals surface area contributed by atoms with Crippen LogP contribution in [-0.2, 0) is 14.3 Å². The van der Waals surface area contributed by atoms with Gasteiger partial charge in [0.15, 0.2) is 0 Å². The first kappa shape index (κ1) is 19.0. The Morgan fingerprint density at radius 1 is 1.14 bits per heavy atom. The predicted molar refractivity (Wildman–Crippen MR) is 86.6 cm³/mol. The molecule has 128 valence electrons. The van der Waals surface area contributed by atoms with E-state index in [1.165, 1.54) is 19.3 Å². The molecule has 22 heavy (non-hydrogen) atoms. The van der Waals surface area contributed by atoms with Crippen LogP contribution in [0.3, 0.4) is 0 Å². The minimum absolute atomic E-state index is 0.0328. The molecule has 0 saturated heterocycles. The standard InChI is InChI=1S/C18H32O4/c1-4-5-6-7-11-16(13(2)3)22-18(21)15-10-8-9-14(12-15)17(19)20/h13-16H,4-12H2,1-3H3,(H,19,20). The number of ether oxygens (including phenoxy) is 1. The normalized spacial score (nSPS) is 23.3. The Labute approximate surface area is 134 Å². The van der Waals surface area contributed by atoms with Crippen LogP contribution in [0.5, 0.6) is 0 Å². The Morgan fingerprint density at radius 2 is 1.82 bits per heavy atom. The van der Waals surface area contributed by atoms with Gasteiger partial charge < -0.3 is 9.84 Å². The number of aliphatic carboxylic acids is 1. The molecule has 0 aromatic rings. The van der Waals surface area contributed by atoms with Crippen LogP contribution in [0.1, 0.15) is 78.6 Å². The lowest BCUT2D eigenvalue weighted by Gasteiger charge is -2.28. The Bertz CT molecular complexity index is 351. The monoisotopic (exact) mass is 312 g/mol. The van der Waals surface area contributed by atoms with E-state index >= 15 is 0 Å². The van der Waals surface area contributed by atoms with Gasteiger partial charge in [-0.25, -0.2) is 0 Å². The van der Waals surface area contributed by atoms with E-state index < -0.39 is 5.97 Å². The first-order valence-electron chi connectivity index (χ1n) is 8.89. The maximum Gasteiger partial charge on any atom is 0.309 e. The first-order valence-corrected chi connectivity index (χ1v) is 8.89. The van der Waals surface area contributed by atoms with Crippen LogP contribution in [0, 0.1) is 17.8 Å². The number of hydrogen-bond donors (Lipinski definition) is 1. The summed E-state index contributed by atoms with van der Waals surface area (Å²) in [5, 5.41) is 9.12. The summed E-state index contributed by atoms with van der Waals surface area (Å²) in [6.07, 6.45) is 8.27. The number of carboxylic acids is 1. The van der Waals surface area contributed by atoms with Crippen LogP contribution in [-0.4, -0.2) is 23.1 Å². The van der Waals surface area contributed by atoms with Crippen molar-refractivity contribution in [3.05, 3.63) is 0 Å². The van der Waals surface area contributed by atoms with Crippen molar-refractivity contribution in [2.75, 3.05) is 0 Å². The maximum absolute atomic E-state index is 12.4. The summed E-state index contributed by atoms with van der Waals surface area (Å²) in [6.45, 7) is 6.35. The van der Waals surface area contributed by atoms with Crippen LogP contribution in [0.2, 0.25) is 0 Å². The Morgan fingerprint density at radius 3 is 2.41 bits per heavy atom. The topological polar surface area (TPSA) is 63.6 Å². The summed E-state index contributed by atoms with van der Waals surface area (Å²) in [6, 6.07) is 0. The highest BCUT2D eigenvalue weighted by Crippen LogP contribution is 2.31. The maximum atomic E-state index is 12.4. The van der Waals surface area contributed by atoms with Gasteiger partial charge in [-0.05, 0) is 38.0 Å². The van der Waals surface area contributed by atoms with Crippen molar-refractivity contribution in [2.45, 2.75) is 84.7 Å². The number of carboxylic acid groups (broad SMARTS) is 1. The van der Waals surface area contributed by atoms with Crippen LogP contribution >= 0.6 is 0 Å². The molecule has 3 unspecified atom stereocenters. The van der Waals surface area contributed by atoms with Gasteiger partial charge in [0.25, 0.3) is 0 Å². The van der Waals surface area contributed by atoms with E-state index in [0.29, 0.717) is 18.8 Å². The van der Waals surface area contributed by atoms with Crippen molar-refractivity contribution in [1.29, 1.82) is 0 Å². The second-order valence-corrected chi connectivity index (χ2v) is 6.97. The van der Waals surface area contributed by atoms with E-state index in [2.05, 4.69) is 20.8 Å². The van der Waals surface area contributed by atoms with Gasteiger partial charge in [-0.2, -0.15) is 0 Å². The highest BCUT2D eigenvalue weighted by atomic mass is 16.5. The number of carbonyl (C=O) groups excluding carboxylic acids is 1. The molecule has 3 atom stereocenters. The second kappa shape index (κ2) is 9.86. The van der Waals surface area contributed by atoms with E-state index in [-0.39, 0.29) is 23.9 Å². The van der Waals surface area contributed by atoms with Gasteiger partial charge in [0, 0.05) is 0 Å². The molecule has 1 fully saturated rings. The molecule has 0 radical (unpaired) electrons. The summed E-state index contributed by atoms with van der Waals surface area (Å²) >= 11 is 0. The molecule has 0 aromatic heterocycles. The van der Waals surface area contributed by atoms with E-state index in [1.807, 2.05) is 0 Å². The number of hydrogen-bond acceptors (Lipinski definition) is 3. The van der Waals surface area contributed by atoms with Crippen molar-refractivity contribution in [1.82, 2.24) is 0 Å². The summed E-state index contributed by atoms with van der Waals surface area (Å²) in [4.78, 5) is 23.5. The lowest BCUT2D eigenvalue weighted by Crippen LogP contribution is -2.32. The lowest BCUT2D eigenvalue weighted by atomic mass is 9.81. The van der Waals surface area contributed by atoms with E-state index in [1.54, 1.807) is 0 Å². The fourth-order valence-corrected chi connectivity index (χ4v) is 3.17. The molecule has 1 aliphatic rings. The van der Waals surface area contributed by atoms with Crippen molar-refractivity contribution in [3.63, 3.8) is 0 Å². The average molecular weight is 312 g/mol. The van der Waals surface area contributed by atoms with Crippen molar-refractivity contribution in [3.8, 4) is 0 Å². The lowest BCUT2D eigenvalue weighted by molar-refractivity contribution is -0.159. The first-order chi connectivity index (χ1) is 10.5. The van der Waals surface area contributed by atoms with Crippen LogP contribution in [0.25, 0.3) is 0 Å². The molecule has 0 amide bonds. The molecular weight excluding hydrogens is 280 g/mol. The third-order valence-electron chi connectivity index (χ3n) is 4.71. The van der Waals surface area contributed by atoms with Gasteiger partial charge in [-0.15, -0.1) is 0 Å². The molecule has 0 aromatic carbocycles. The van der Waals surface area contributed by atoms with Crippen LogP contribution < -0.4 is 0 Å². The molecular formula is C18H32O4. The minimum atomic E-state index is -0.780. The smallest absolute Gasteiger partial charge is 0.309 e. The molecule has 0 aliphatic heterocycles. The summed E-state index contributed by atoms with van der Waals surface area (Å²) in [5.41, 5.74) is 0. The zero-order valence-electron chi connectivity index (χ0n) is 14.3. The molecule has 1 N–H and O–H groups in total. The molecule has 1 rings (SSSR count). The molecule has 0 spiro atoms. The molecule has 4 heteroatoms. The number of unbranched alkanes of at least 4 members (excludes halogenated alkanes) is 3. The van der Waals surface area contributed by atoms with Gasteiger partial charge in [0.2, 0.25) is 0 Å². The largest absolute Gasteiger partial charge is 0.481 e. The van der Waals surface area contributed by atoms with Gasteiger partial charge in [-0.3, -0.25) is 9.59 Å². The average Bonchev–Trinajstić information content (AvgIpc) is 2.50. The van der Waals surface area contributed by atoms with Gasteiger partial charge in [0.1, 0.15) is 6.10 Å². The Kier molecular flexibility index (Phi) is 8.51. The molecule has 1 saturated carbocycles. The fraction of sp³-hybridized carbons (Fsp3) is 0.889. The minimum Gasteiger partial charge on any atom is -0.481 e. The highest BCUT2D eigenvalue weighted by molar-refractivity contribution is 5.75. The number of rotatable bonds is 9. The summed E-state index contributed by atoms with van der Waals surface area (Å²) in [5.74, 6) is -1.26. The summed E-state index contributed by atoms with van der Waals surface area (Å²) in [7, 11) is 0. The fourth-order valence-electron chi connectivity index (χ4n) is 3.17. The zero-order chi connectivity index (χ0) is 16.5. The van der Waals surface area contributed by atoms with Gasteiger partial charge in [0.05, 0.1) is 11.8 Å². The van der Waals surface area contributed by atoms with Crippen LogP contribution in [0.15, 0.2) is 0 Å². The van der Waals surface area contributed by atoms with E-state index in [4.69, 9.17) is 9.84 Å². The van der Waals surface area contributed by atoms with E-state index in [0.717, 1.165) is 25.7 Å². The van der Waals surface area contributed by atoms with Gasteiger partial charge >= 0.3 is 11.9 Å². The molecule has 1 aliphatic carbocycles. The Balaban J connectivity index is 2.46. The van der Waals surface area contributed by atoms with Crippen molar-refractivity contribution < 1.29 is 19.4 Å². The SMILES string of the molecule is CCCCCCC(OC(=O)C1CCCC(C(=O)O)C1)C(C)C. The van der Waals surface area contributed by atoms with Crippen LogP contribution in [0.4, 0.5) is 0 Å². The van der Waals surface area contributed by atoms with Crippen molar-refractivity contribution >= 4 is 11.9 Å². The third-order valence-corrected chi connectivity index (χ3v) is 4.71.